The Morgan fingerprint density at radius 1 is 0.885 bits per heavy atom. The van der Waals surface area contributed by atoms with Gasteiger partial charge in [-0.3, -0.25) is 9.59 Å². The van der Waals surface area contributed by atoms with Gasteiger partial charge in [-0.15, -0.1) is 0 Å². The number of hydrogen-bond acceptors (Lipinski definition) is 2. The van der Waals surface area contributed by atoms with Crippen molar-refractivity contribution in [2.75, 3.05) is 26.2 Å². The summed E-state index contributed by atoms with van der Waals surface area (Å²) < 4.78 is 0. The maximum absolute atomic E-state index is 13.1. The van der Waals surface area contributed by atoms with Crippen LogP contribution in [0.4, 0.5) is 0 Å². The van der Waals surface area contributed by atoms with Crippen LogP contribution in [0.15, 0.2) is 24.3 Å². The monoisotopic (exact) mass is 374 g/mol. The lowest BCUT2D eigenvalue weighted by Gasteiger charge is -2.38. The molecule has 1 heterocycles. The van der Waals surface area contributed by atoms with Gasteiger partial charge < -0.3 is 9.80 Å². The van der Waals surface area contributed by atoms with E-state index in [1.807, 2.05) is 34.1 Å². The molecule has 3 aliphatic rings. The number of benzene rings is 1. The molecule has 0 bridgehead atoms. The number of halogens is 1. The Kier molecular flexibility index (Phi) is 4.96. The van der Waals surface area contributed by atoms with Crippen molar-refractivity contribution in [1.82, 2.24) is 9.80 Å². The average molecular weight is 375 g/mol. The van der Waals surface area contributed by atoms with Gasteiger partial charge in [-0.1, -0.05) is 43.0 Å². The lowest BCUT2D eigenvalue weighted by Crippen LogP contribution is -2.54. The second-order valence-corrected chi connectivity index (χ2v) is 8.48. The summed E-state index contributed by atoms with van der Waals surface area (Å²) in [6.45, 7) is 2.68. The van der Waals surface area contributed by atoms with E-state index < -0.39 is 0 Å². The zero-order valence-corrected chi connectivity index (χ0v) is 16.0. The summed E-state index contributed by atoms with van der Waals surface area (Å²) >= 11 is 5.99. The Balaban J connectivity index is 1.36. The van der Waals surface area contributed by atoms with Gasteiger partial charge in [0.25, 0.3) is 0 Å². The molecule has 0 atom stereocenters. The summed E-state index contributed by atoms with van der Waals surface area (Å²) in [6, 6.07) is 7.70. The van der Waals surface area contributed by atoms with Crippen LogP contribution >= 0.6 is 11.6 Å². The molecule has 4 rings (SSSR count). The van der Waals surface area contributed by atoms with Crippen molar-refractivity contribution in [2.24, 2.45) is 5.92 Å². The molecule has 2 aliphatic carbocycles. The smallest absolute Gasteiger partial charge is 0.233 e. The molecule has 1 saturated heterocycles. The Hall–Kier alpha value is -1.55. The molecule has 1 aromatic carbocycles. The fourth-order valence-corrected chi connectivity index (χ4v) is 4.69. The topological polar surface area (TPSA) is 40.6 Å². The minimum Gasteiger partial charge on any atom is -0.339 e. The highest BCUT2D eigenvalue weighted by Gasteiger charge is 2.53. The van der Waals surface area contributed by atoms with Crippen molar-refractivity contribution < 1.29 is 9.59 Å². The molecule has 2 amide bonds. The van der Waals surface area contributed by atoms with Crippen LogP contribution in [0.3, 0.4) is 0 Å². The first-order valence-electron chi connectivity index (χ1n) is 9.94. The molecule has 140 valence electrons. The molecular weight excluding hydrogens is 348 g/mol. The van der Waals surface area contributed by atoms with Gasteiger partial charge in [0.2, 0.25) is 11.8 Å². The van der Waals surface area contributed by atoms with Gasteiger partial charge >= 0.3 is 0 Å². The van der Waals surface area contributed by atoms with Gasteiger partial charge in [-0.2, -0.15) is 0 Å². The van der Waals surface area contributed by atoms with Crippen LogP contribution in [0.2, 0.25) is 5.02 Å². The molecule has 2 saturated carbocycles. The number of carbonyl (C=O) groups is 2. The molecule has 0 unspecified atom stereocenters. The van der Waals surface area contributed by atoms with Gasteiger partial charge in [0.05, 0.1) is 5.41 Å². The van der Waals surface area contributed by atoms with Crippen LogP contribution in [-0.2, 0) is 15.0 Å². The number of carbonyl (C=O) groups excluding carboxylic acids is 2. The summed E-state index contributed by atoms with van der Waals surface area (Å²) in [6.07, 6.45) is 7.52. The van der Waals surface area contributed by atoms with Gasteiger partial charge in [-0.25, -0.2) is 0 Å². The van der Waals surface area contributed by atoms with E-state index in [-0.39, 0.29) is 17.2 Å². The second-order valence-electron chi connectivity index (χ2n) is 8.04. The first-order valence-corrected chi connectivity index (χ1v) is 10.3. The first kappa shape index (κ1) is 17.8. The lowest BCUT2D eigenvalue weighted by molar-refractivity contribution is -0.144. The summed E-state index contributed by atoms with van der Waals surface area (Å²) in [5.74, 6) is 0.759. The number of hydrogen-bond donors (Lipinski definition) is 0. The summed E-state index contributed by atoms with van der Waals surface area (Å²) in [4.78, 5) is 29.8. The van der Waals surface area contributed by atoms with Crippen molar-refractivity contribution >= 4 is 23.4 Å². The average Bonchev–Trinajstić information content (AvgIpc) is 3.50. The normalized spacial score (nSPS) is 23.0. The molecular formula is C21H27ClN2O2. The maximum Gasteiger partial charge on any atom is 0.233 e. The van der Waals surface area contributed by atoms with Crippen molar-refractivity contribution in [2.45, 2.75) is 50.4 Å². The predicted octanol–water partition coefficient (Wildman–Crippen LogP) is 3.62. The molecule has 0 spiro atoms. The SMILES string of the molecule is O=C(C1CCCCC1)N1CCN(C(=O)C2(c3ccc(Cl)cc3)CC2)CC1. The van der Waals surface area contributed by atoms with Gasteiger partial charge in [-0.05, 0) is 43.4 Å². The zero-order chi connectivity index (χ0) is 18.1. The third kappa shape index (κ3) is 3.36. The minimum atomic E-state index is -0.347. The zero-order valence-electron chi connectivity index (χ0n) is 15.3. The molecule has 5 heteroatoms. The van der Waals surface area contributed by atoms with Crippen LogP contribution in [0.5, 0.6) is 0 Å². The number of nitrogens with zero attached hydrogens (tertiary/aromatic N) is 2. The van der Waals surface area contributed by atoms with E-state index in [1.54, 1.807) is 0 Å². The van der Waals surface area contributed by atoms with Gasteiger partial charge in [0, 0.05) is 37.1 Å². The number of rotatable bonds is 3. The van der Waals surface area contributed by atoms with Crippen molar-refractivity contribution in [3.63, 3.8) is 0 Å². The van der Waals surface area contributed by atoms with E-state index in [0.717, 1.165) is 31.2 Å². The van der Waals surface area contributed by atoms with Crippen molar-refractivity contribution in [1.29, 1.82) is 0 Å². The fraction of sp³-hybridized carbons (Fsp3) is 0.619. The number of piperazine rings is 1. The van der Waals surface area contributed by atoms with E-state index in [9.17, 15) is 9.59 Å². The largest absolute Gasteiger partial charge is 0.339 e. The van der Waals surface area contributed by atoms with Crippen LogP contribution in [-0.4, -0.2) is 47.8 Å². The van der Waals surface area contributed by atoms with Crippen molar-refractivity contribution in [3.05, 3.63) is 34.9 Å². The minimum absolute atomic E-state index is 0.217. The summed E-state index contributed by atoms with van der Waals surface area (Å²) in [7, 11) is 0. The molecule has 1 aromatic rings. The van der Waals surface area contributed by atoms with Crippen LogP contribution in [0.1, 0.15) is 50.5 Å². The third-order valence-corrected chi connectivity index (χ3v) is 6.64. The first-order chi connectivity index (χ1) is 12.6. The highest BCUT2D eigenvalue weighted by molar-refractivity contribution is 6.30. The van der Waals surface area contributed by atoms with Crippen LogP contribution in [0.25, 0.3) is 0 Å². The molecule has 4 nitrogen and oxygen atoms in total. The van der Waals surface area contributed by atoms with E-state index in [0.29, 0.717) is 37.1 Å². The van der Waals surface area contributed by atoms with E-state index in [1.165, 1.54) is 19.3 Å². The van der Waals surface area contributed by atoms with Gasteiger partial charge in [0.15, 0.2) is 0 Å². The molecule has 26 heavy (non-hydrogen) atoms. The van der Waals surface area contributed by atoms with Gasteiger partial charge in [0.1, 0.15) is 0 Å². The van der Waals surface area contributed by atoms with E-state index in [2.05, 4.69) is 0 Å². The molecule has 0 N–H and O–H groups in total. The Bertz CT molecular complexity index is 670. The fourth-order valence-electron chi connectivity index (χ4n) is 4.56. The summed E-state index contributed by atoms with van der Waals surface area (Å²) in [5, 5.41) is 0.701. The highest BCUT2D eigenvalue weighted by Crippen LogP contribution is 2.49. The molecule has 1 aliphatic heterocycles. The molecule has 0 radical (unpaired) electrons. The Morgan fingerprint density at radius 3 is 2.04 bits per heavy atom. The van der Waals surface area contributed by atoms with E-state index >= 15 is 0 Å². The third-order valence-electron chi connectivity index (χ3n) is 6.39. The number of amides is 2. The predicted molar refractivity (Wildman–Crippen MR) is 102 cm³/mol. The summed E-state index contributed by atoms with van der Waals surface area (Å²) in [5.41, 5.74) is 0.729. The molecule has 0 aromatic heterocycles. The van der Waals surface area contributed by atoms with E-state index in [4.69, 9.17) is 11.6 Å². The van der Waals surface area contributed by atoms with Crippen molar-refractivity contribution in [3.8, 4) is 0 Å². The Labute approximate surface area is 160 Å². The second kappa shape index (κ2) is 7.22. The molecule has 3 fully saturated rings. The lowest BCUT2D eigenvalue weighted by atomic mass is 9.88. The Morgan fingerprint density at radius 2 is 1.46 bits per heavy atom. The highest BCUT2D eigenvalue weighted by atomic mass is 35.5. The van der Waals surface area contributed by atoms with Crippen LogP contribution < -0.4 is 0 Å². The standard InChI is InChI=1S/C21H27ClN2O2/c22-18-8-6-17(7-9-18)21(10-11-21)20(26)24-14-12-23(13-15-24)19(25)16-4-2-1-3-5-16/h6-9,16H,1-5,10-15H2. The van der Waals surface area contributed by atoms with Crippen LogP contribution in [0, 0.1) is 5.92 Å². The maximum atomic E-state index is 13.1. The quantitative estimate of drug-likeness (QED) is 0.810.